The molecule has 20 heavy (non-hydrogen) atoms. The van der Waals surface area contributed by atoms with Crippen molar-refractivity contribution in [2.75, 3.05) is 23.3 Å². The predicted octanol–water partition coefficient (Wildman–Crippen LogP) is 2.91. The molecule has 108 valence electrons. The number of hydrogen-bond donors (Lipinski definition) is 1. The van der Waals surface area contributed by atoms with Gasteiger partial charge in [0.1, 0.15) is 17.5 Å². The van der Waals surface area contributed by atoms with E-state index in [2.05, 4.69) is 42.0 Å². The van der Waals surface area contributed by atoms with Gasteiger partial charge in [0.2, 0.25) is 0 Å². The first-order chi connectivity index (χ1) is 9.65. The van der Waals surface area contributed by atoms with Gasteiger partial charge in [-0.25, -0.2) is 9.97 Å². The molecule has 0 spiro atoms. The Bertz CT molecular complexity index is 488. The van der Waals surface area contributed by atoms with Crippen molar-refractivity contribution in [3.63, 3.8) is 0 Å². The molecule has 1 fully saturated rings. The van der Waals surface area contributed by atoms with E-state index in [0.717, 1.165) is 30.5 Å². The van der Waals surface area contributed by atoms with Crippen LogP contribution in [0, 0.1) is 11.3 Å². The van der Waals surface area contributed by atoms with Crippen LogP contribution in [0.2, 0.25) is 0 Å². The molecule has 0 aliphatic heterocycles. The Kier molecular flexibility index (Phi) is 4.78. The minimum absolute atomic E-state index is 0.296. The van der Waals surface area contributed by atoms with Gasteiger partial charge in [0.15, 0.2) is 0 Å². The second-order valence-corrected chi connectivity index (χ2v) is 5.49. The van der Waals surface area contributed by atoms with E-state index in [0.29, 0.717) is 18.4 Å². The number of aromatic nitrogens is 2. The molecule has 0 unspecified atom stereocenters. The Balaban J connectivity index is 2.29. The van der Waals surface area contributed by atoms with Crippen molar-refractivity contribution < 1.29 is 0 Å². The van der Waals surface area contributed by atoms with E-state index in [4.69, 9.17) is 10.2 Å². The summed E-state index contributed by atoms with van der Waals surface area (Å²) in [6.45, 7) is 7.86. The van der Waals surface area contributed by atoms with Crippen LogP contribution in [0.25, 0.3) is 0 Å². The summed E-state index contributed by atoms with van der Waals surface area (Å²) in [6.07, 6.45) is 2.93. The Labute approximate surface area is 121 Å². The van der Waals surface area contributed by atoms with Crippen LogP contribution in [-0.2, 0) is 0 Å². The summed E-state index contributed by atoms with van der Waals surface area (Å²) in [7, 11) is 0. The van der Waals surface area contributed by atoms with Gasteiger partial charge in [-0.3, -0.25) is 0 Å². The lowest BCUT2D eigenvalue weighted by molar-refractivity contribution is 0.736. The highest BCUT2D eigenvalue weighted by atomic mass is 15.2. The molecule has 1 aliphatic carbocycles. The molecule has 0 aromatic carbocycles. The average molecular weight is 273 g/mol. The number of anilines is 2. The third-order valence-corrected chi connectivity index (χ3v) is 3.35. The van der Waals surface area contributed by atoms with Gasteiger partial charge in [-0.05, 0) is 19.8 Å². The first-order valence-electron chi connectivity index (χ1n) is 7.42. The second-order valence-electron chi connectivity index (χ2n) is 5.49. The number of rotatable bonds is 7. The quantitative estimate of drug-likeness (QED) is 0.827. The lowest BCUT2D eigenvalue weighted by Gasteiger charge is -2.24. The summed E-state index contributed by atoms with van der Waals surface area (Å²) < 4.78 is 0. The summed E-state index contributed by atoms with van der Waals surface area (Å²) in [4.78, 5) is 11.5. The zero-order valence-corrected chi connectivity index (χ0v) is 12.6. The zero-order chi connectivity index (χ0) is 14.5. The van der Waals surface area contributed by atoms with Gasteiger partial charge in [-0.2, -0.15) is 5.26 Å². The van der Waals surface area contributed by atoms with E-state index in [1.807, 2.05) is 6.07 Å². The largest absolute Gasteiger partial charge is 0.370 e. The van der Waals surface area contributed by atoms with Crippen LogP contribution in [0.1, 0.15) is 51.8 Å². The molecular formula is C15H23N5. The highest BCUT2D eigenvalue weighted by Gasteiger charge is 2.30. The minimum Gasteiger partial charge on any atom is -0.370 e. The highest BCUT2D eigenvalue weighted by Crippen LogP contribution is 2.32. The molecule has 0 atom stereocenters. The molecule has 5 nitrogen and oxygen atoms in total. The third kappa shape index (κ3) is 3.60. The van der Waals surface area contributed by atoms with E-state index in [1.165, 1.54) is 12.8 Å². The lowest BCUT2D eigenvalue weighted by atomic mass is 10.2. The van der Waals surface area contributed by atoms with Gasteiger partial charge < -0.3 is 10.2 Å². The molecule has 1 heterocycles. The monoisotopic (exact) mass is 273 g/mol. The molecule has 0 amide bonds. The van der Waals surface area contributed by atoms with Gasteiger partial charge in [-0.15, -0.1) is 0 Å². The Morgan fingerprint density at radius 2 is 2.20 bits per heavy atom. The van der Waals surface area contributed by atoms with E-state index >= 15 is 0 Å². The fourth-order valence-electron chi connectivity index (χ4n) is 2.17. The van der Waals surface area contributed by atoms with Crippen molar-refractivity contribution in [1.29, 1.82) is 5.26 Å². The molecule has 2 rings (SSSR count). The van der Waals surface area contributed by atoms with Crippen molar-refractivity contribution in [3.05, 3.63) is 11.9 Å². The van der Waals surface area contributed by atoms with Crippen LogP contribution < -0.4 is 10.2 Å². The summed E-state index contributed by atoms with van der Waals surface area (Å²) in [5, 5.41) is 12.1. The Morgan fingerprint density at radius 3 is 2.75 bits per heavy atom. The fraction of sp³-hybridized carbons (Fsp3) is 0.667. The van der Waals surface area contributed by atoms with Crippen LogP contribution >= 0.6 is 0 Å². The number of nitrogens with zero attached hydrogens (tertiary/aromatic N) is 4. The van der Waals surface area contributed by atoms with Gasteiger partial charge in [0, 0.05) is 31.1 Å². The number of nitrogens with one attached hydrogen (secondary N) is 1. The minimum atomic E-state index is 0.296. The number of hydrogen-bond acceptors (Lipinski definition) is 5. The summed E-state index contributed by atoms with van der Waals surface area (Å²) in [5.41, 5.74) is 0. The van der Waals surface area contributed by atoms with Gasteiger partial charge >= 0.3 is 0 Å². The maximum atomic E-state index is 8.82. The third-order valence-electron chi connectivity index (χ3n) is 3.35. The standard InChI is InChI=1S/C15H23N5/c1-4-17-13-10-14(19-15(18-13)11(2)3)20(9-5-8-16)12-6-7-12/h10-12H,4-7,9H2,1-3H3,(H,17,18,19). The molecule has 1 aromatic rings. The topological polar surface area (TPSA) is 64.8 Å². The average Bonchev–Trinajstić information content (AvgIpc) is 3.24. The van der Waals surface area contributed by atoms with Crippen molar-refractivity contribution in [1.82, 2.24) is 9.97 Å². The molecule has 1 N–H and O–H groups in total. The van der Waals surface area contributed by atoms with Crippen LogP contribution in [-0.4, -0.2) is 29.1 Å². The smallest absolute Gasteiger partial charge is 0.135 e. The van der Waals surface area contributed by atoms with E-state index in [-0.39, 0.29) is 0 Å². The Hall–Kier alpha value is -1.83. The van der Waals surface area contributed by atoms with Gasteiger partial charge in [-0.1, -0.05) is 13.8 Å². The fourth-order valence-corrected chi connectivity index (χ4v) is 2.17. The highest BCUT2D eigenvalue weighted by molar-refractivity contribution is 5.51. The molecule has 0 radical (unpaired) electrons. The predicted molar refractivity (Wildman–Crippen MR) is 80.9 cm³/mol. The first-order valence-corrected chi connectivity index (χ1v) is 7.42. The molecule has 1 aliphatic rings. The van der Waals surface area contributed by atoms with E-state index in [1.54, 1.807) is 0 Å². The second kappa shape index (κ2) is 6.56. The van der Waals surface area contributed by atoms with Gasteiger partial charge in [0.05, 0.1) is 12.5 Å². The Morgan fingerprint density at radius 1 is 1.45 bits per heavy atom. The lowest BCUT2D eigenvalue weighted by Crippen LogP contribution is -2.28. The number of nitriles is 1. The summed E-state index contributed by atoms with van der Waals surface area (Å²) >= 11 is 0. The van der Waals surface area contributed by atoms with Crippen molar-refractivity contribution >= 4 is 11.6 Å². The van der Waals surface area contributed by atoms with Crippen LogP contribution in [0.5, 0.6) is 0 Å². The zero-order valence-electron chi connectivity index (χ0n) is 12.6. The summed E-state index contributed by atoms with van der Waals surface area (Å²) in [5.74, 6) is 2.99. The maximum Gasteiger partial charge on any atom is 0.135 e. The molecule has 0 saturated heterocycles. The summed E-state index contributed by atoms with van der Waals surface area (Å²) in [6, 6.07) is 4.78. The van der Waals surface area contributed by atoms with Crippen LogP contribution in [0.15, 0.2) is 6.07 Å². The first kappa shape index (κ1) is 14.6. The van der Waals surface area contributed by atoms with E-state index in [9.17, 15) is 0 Å². The van der Waals surface area contributed by atoms with E-state index < -0.39 is 0 Å². The molecule has 1 saturated carbocycles. The van der Waals surface area contributed by atoms with Gasteiger partial charge in [0.25, 0.3) is 0 Å². The molecule has 5 heteroatoms. The van der Waals surface area contributed by atoms with Crippen molar-refractivity contribution in [2.24, 2.45) is 0 Å². The SMILES string of the molecule is CCNc1cc(N(CCC#N)C2CC2)nc(C(C)C)n1. The van der Waals surface area contributed by atoms with Crippen LogP contribution in [0.4, 0.5) is 11.6 Å². The van der Waals surface area contributed by atoms with Crippen molar-refractivity contribution in [3.8, 4) is 6.07 Å². The molecule has 1 aromatic heterocycles. The van der Waals surface area contributed by atoms with Crippen LogP contribution in [0.3, 0.4) is 0 Å². The maximum absolute atomic E-state index is 8.82. The normalized spacial score (nSPS) is 14.2. The molecular weight excluding hydrogens is 250 g/mol. The molecule has 0 bridgehead atoms. The van der Waals surface area contributed by atoms with Crippen molar-refractivity contribution in [2.45, 2.75) is 52.0 Å².